The molecule has 1 aliphatic carbocycles. The van der Waals surface area contributed by atoms with E-state index in [0.29, 0.717) is 6.54 Å². The van der Waals surface area contributed by atoms with Gasteiger partial charge in [-0.3, -0.25) is 0 Å². The zero-order chi connectivity index (χ0) is 20.4. The van der Waals surface area contributed by atoms with Crippen molar-refractivity contribution in [1.29, 1.82) is 0 Å². The largest absolute Gasteiger partial charge is 0.378 e. The summed E-state index contributed by atoms with van der Waals surface area (Å²) in [5.41, 5.74) is 0.954. The summed E-state index contributed by atoms with van der Waals surface area (Å²) in [5.74, 6) is 0. The molecule has 0 aliphatic heterocycles. The molecule has 0 aromatic heterocycles. The van der Waals surface area contributed by atoms with E-state index in [1.165, 1.54) is 4.31 Å². The van der Waals surface area contributed by atoms with Crippen LogP contribution < -0.4 is 4.72 Å². The van der Waals surface area contributed by atoms with E-state index in [0.717, 1.165) is 57.4 Å². The summed E-state index contributed by atoms with van der Waals surface area (Å²) < 4.78 is 35.4. The molecule has 0 spiro atoms. The second kappa shape index (κ2) is 11.7. The van der Waals surface area contributed by atoms with Crippen molar-refractivity contribution in [2.75, 3.05) is 33.8 Å². The minimum absolute atomic E-state index is 0.0341. The van der Waals surface area contributed by atoms with Crippen LogP contribution in [0.15, 0.2) is 43.0 Å². The van der Waals surface area contributed by atoms with E-state index in [1.54, 1.807) is 7.05 Å². The van der Waals surface area contributed by atoms with Crippen molar-refractivity contribution in [3.8, 4) is 0 Å². The first-order chi connectivity index (χ1) is 13.4. The number of rotatable bonds is 12. The third-order valence-electron chi connectivity index (χ3n) is 5.32. The van der Waals surface area contributed by atoms with Gasteiger partial charge >= 0.3 is 0 Å². The highest BCUT2D eigenvalue weighted by molar-refractivity contribution is 7.87. The summed E-state index contributed by atoms with van der Waals surface area (Å²) in [6, 6.07) is 9.61. The van der Waals surface area contributed by atoms with Gasteiger partial charge < -0.3 is 9.64 Å². The van der Waals surface area contributed by atoms with Crippen molar-refractivity contribution in [3.63, 3.8) is 0 Å². The Balaban J connectivity index is 1.69. The number of benzene rings is 1. The molecule has 0 unspecified atom stereocenters. The summed E-state index contributed by atoms with van der Waals surface area (Å²) in [6.45, 7) is 6.70. The Morgan fingerprint density at radius 1 is 1.18 bits per heavy atom. The van der Waals surface area contributed by atoms with Crippen molar-refractivity contribution < 1.29 is 13.2 Å². The molecule has 158 valence electrons. The minimum Gasteiger partial charge on any atom is -0.378 e. The van der Waals surface area contributed by atoms with Crippen LogP contribution in [0.25, 0.3) is 0 Å². The Morgan fingerprint density at radius 2 is 1.86 bits per heavy atom. The van der Waals surface area contributed by atoms with Gasteiger partial charge in [-0.05, 0) is 44.7 Å². The van der Waals surface area contributed by atoms with Crippen molar-refractivity contribution in [3.05, 3.63) is 48.6 Å². The van der Waals surface area contributed by atoms with Crippen molar-refractivity contribution in [2.45, 2.75) is 50.8 Å². The fourth-order valence-electron chi connectivity index (χ4n) is 3.54. The zero-order valence-corrected chi connectivity index (χ0v) is 18.0. The third kappa shape index (κ3) is 7.64. The maximum atomic E-state index is 12.6. The highest BCUT2D eigenvalue weighted by Crippen LogP contribution is 2.25. The molecule has 28 heavy (non-hydrogen) atoms. The van der Waals surface area contributed by atoms with Crippen LogP contribution in [0.3, 0.4) is 0 Å². The SMILES string of the molecule is C=CCN(C)CCCOC1CCC(N(C)S(=O)(=O)NCc2ccccc2)CC1. The molecule has 1 aromatic rings. The predicted octanol–water partition coefficient (Wildman–Crippen LogP) is 2.79. The van der Waals surface area contributed by atoms with Gasteiger partial charge in [-0.1, -0.05) is 36.4 Å². The monoisotopic (exact) mass is 409 g/mol. The Kier molecular flexibility index (Phi) is 9.61. The van der Waals surface area contributed by atoms with E-state index >= 15 is 0 Å². The molecule has 0 radical (unpaired) electrons. The highest BCUT2D eigenvalue weighted by atomic mass is 32.2. The molecule has 1 aliphatic rings. The lowest BCUT2D eigenvalue weighted by molar-refractivity contribution is 0.0142. The third-order valence-corrected chi connectivity index (χ3v) is 6.88. The fraction of sp³-hybridized carbons (Fsp3) is 0.619. The number of nitrogens with zero attached hydrogens (tertiary/aromatic N) is 2. The molecule has 0 amide bonds. The van der Waals surface area contributed by atoms with Crippen molar-refractivity contribution >= 4 is 10.2 Å². The summed E-state index contributed by atoms with van der Waals surface area (Å²) in [4.78, 5) is 2.22. The minimum atomic E-state index is -3.48. The fourth-order valence-corrected chi connectivity index (χ4v) is 4.70. The molecule has 1 N–H and O–H groups in total. The Bertz CT molecular complexity index is 673. The van der Waals surface area contributed by atoms with Gasteiger partial charge in [-0.25, -0.2) is 0 Å². The van der Waals surface area contributed by atoms with Crippen molar-refractivity contribution in [2.24, 2.45) is 0 Å². The average molecular weight is 410 g/mol. The van der Waals surface area contributed by atoms with E-state index in [-0.39, 0.29) is 12.1 Å². The van der Waals surface area contributed by atoms with Gasteiger partial charge in [0, 0.05) is 39.3 Å². The molecule has 0 atom stereocenters. The predicted molar refractivity (Wildman–Crippen MR) is 114 cm³/mol. The summed E-state index contributed by atoms with van der Waals surface area (Å²) in [6.07, 6.45) is 6.64. The second-order valence-corrected chi connectivity index (χ2v) is 9.35. The van der Waals surface area contributed by atoms with Gasteiger partial charge in [0.05, 0.1) is 6.10 Å². The molecule has 1 fully saturated rings. The number of hydrogen-bond donors (Lipinski definition) is 1. The number of ether oxygens (including phenoxy) is 1. The van der Waals surface area contributed by atoms with Crippen LogP contribution in [0.5, 0.6) is 0 Å². The van der Waals surface area contributed by atoms with Crippen LogP contribution in [-0.2, 0) is 21.5 Å². The van der Waals surface area contributed by atoms with Crippen LogP contribution in [0.4, 0.5) is 0 Å². The van der Waals surface area contributed by atoms with Crippen LogP contribution in [0, 0.1) is 0 Å². The van der Waals surface area contributed by atoms with Crippen molar-refractivity contribution in [1.82, 2.24) is 13.9 Å². The quantitative estimate of drug-likeness (QED) is 0.426. The lowest BCUT2D eigenvalue weighted by atomic mass is 9.93. The van der Waals surface area contributed by atoms with Gasteiger partial charge in [-0.15, -0.1) is 6.58 Å². The molecule has 1 saturated carbocycles. The van der Waals surface area contributed by atoms with Gasteiger partial charge in [0.15, 0.2) is 0 Å². The molecule has 0 bridgehead atoms. The molecule has 6 nitrogen and oxygen atoms in total. The molecular weight excluding hydrogens is 374 g/mol. The molecule has 0 saturated heterocycles. The van der Waals surface area contributed by atoms with Gasteiger partial charge in [0.1, 0.15) is 0 Å². The first kappa shape index (κ1) is 23.0. The van der Waals surface area contributed by atoms with E-state index in [1.807, 2.05) is 36.4 Å². The lowest BCUT2D eigenvalue weighted by Crippen LogP contribution is -2.45. The normalized spacial score (nSPS) is 20.6. The standard InChI is InChI=1S/C21H35N3O3S/c1-4-15-23(2)16-8-17-27-21-13-11-20(12-14-21)24(3)28(25,26)22-18-19-9-6-5-7-10-19/h4-7,9-10,20-22H,1,8,11-18H2,2-3H3. The Labute approximate surface area is 170 Å². The molecular formula is C21H35N3O3S. The van der Waals surface area contributed by atoms with Gasteiger partial charge in [-0.2, -0.15) is 17.4 Å². The molecule has 2 rings (SSSR count). The number of nitrogens with one attached hydrogen (secondary N) is 1. The van der Waals surface area contributed by atoms with Crippen LogP contribution >= 0.6 is 0 Å². The van der Waals surface area contributed by atoms with Crippen LogP contribution in [0.2, 0.25) is 0 Å². The summed E-state index contributed by atoms with van der Waals surface area (Å²) in [5, 5.41) is 0. The topological polar surface area (TPSA) is 61.9 Å². The van der Waals surface area contributed by atoms with Crippen LogP contribution in [-0.4, -0.2) is 63.6 Å². The summed E-state index contributed by atoms with van der Waals surface area (Å²) >= 11 is 0. The molecule has 1 aromatic carbocycles. The van der Waals surface area contributed by atoms with E-state index < -0.39 is 10.2 Å². The van der Waals surface area contributed by atoms with Crippen LogP contribution in [0.1, 0.15) is 37.7 Å². The maximum absolute atomic E-state index is 12.6. The van der Waals surface area contributed by atoms with E-state index in [4.69, 9.17) is 4.74 Å². The average Bonchev–Trinajstić information content (AvgIpc) is 2.71. The first-order valence-corrected chi connectivity index (χ1v) is 11.5. The second-order valence-electron chi connectivity index (χ2n) is 7.53. The molecule has 7 heteroatoms. The summed E-state index contributed by atoms with van der Waals surface area (Å²) in [7, 11) is 0.271. The number of likely N-dealkylation sites (N-methyl/N-ethyl adjacent to an activating group) is 1. The smallest absolute Gasteiger partial charge is 0.279 e. The highest BCUT2D eigenvalue weighted by Gasteiger charge is 2.30. The van der Waals surface area contributed by atoms with E-state index in [2.05, 4.69) is 23.2 Å². The molecule has 0 heterocycles. The van der Waals surface area contributed by atoms with Gasteiger partial charge in [0.2, 0.25) is 0 Å². The Hall–Kier alpha value is -1.25. The first-order valence-electron chi connectivity index (χ1n) is 10.1. The lowest BCUT2D eigenvalue weighted by Gasteiger charge is -2.34. The zero-order valence-electron chi connectivity index (χ0n) is 17.2. The Morgan fingerprint density at radius 3 is 2.50 bits per heavy atom. The maximum Gasteiger partial charge on any atom is 0.279 e. The van der Waals surface area contributed by atoms with E-state index in [9.17, 15) is 8.42 Å². The van der Waals surface area contributed by atoms with Gasteiger partial charge in [0.25, 0.3) is 10.2 Å². The number of hydrogen-bond acceptors (Lipinski definition) is 4.